The van der Waals surface area contributed by atoms with Crippen molar-refractivity contribution in [1.82, 2.24) is 20.5 Å². The summed E-state index contributed by atoms with van der Waals surface area (Å²) in [5.74, 6) is -0.158. The molecule has 4 atom stereocenters. The predicted molar refractivity (Wildman–Crippen MR) is 141 cm³/mol. The maximum absolute atomic E-state index is 13.5. The van der Waals surface area contributed by atoms with Gasteiger partial charge in [-0.25, -0.2) is 4.79 Å². The van der Waals surface area contributed by atoms with Crippen LogP contribution >= 0.6 is 11.8 Å². The third-order valence-corrected chi connectivity index (χ3v) is 6.74. The Kier molecular flexibility index (Phi) is 11.7. The van der Waals surface area contributed by atoms with E-state index in [-0.39, 0.29) is 36.2 Å². The van der Waals surface area contributed by atoms with Gasteiger partial charge in [-0.15, -0.1) is 0 Å². The van der Waals surface area contributed by atoms with Gasteiger partial charge in [-0.1, -0.05) is 27.7 Å². The third-order valence-electron chi connectivity index (χ3n) is 6.10. The highest BCUT2D eigenvalue weighted by Gasteiger charge is 2.44. The Morgan fingerprint density at radius 2 is 1.86 bits per heavy atom. The van der Waals surface area contributed by atoms with Crippen LogP contribution in [0, 0.1) is 11.8 Å². The smallest absolute Gasteiger partial charge is 0.407 e. The molecule has 36 heavy (non-hydrogen) atoms. The number of rotatable bonds is 13. The summed E-state index contributed by atoms with van der Waals surface area (Å²) in [6.45, 7) is 9.65. The van der Waals surface area contributed by atoms with Crippen LogP contribution in [0.3, 0.4) is 0 Å². The van der Waals surface area contributed by atoms with Crippen LogP contribution in [-0.4, -0.2) is 76.4 Å². The standard InChI is InChI=1S/C26H40N4O5S/c1-16(2)15-35-26(34)29-20(9-12-36-6)24(32)28-21-13-18(5)30(25(21)33)22(23(31)17(3)4)14-19-7-10-27-11-8-19/h7-8,10-11,16-18,20-22H,9,12-15H2,1-6H3,(H,28,32)(H,29,34). The maximum Gasteiger partial charge on any atom is 0.407 e. The Morgan fingerprint density at radius 3 is 2.44 bits per heavy atom. The number of aromatic nitrogens is 1. The number of hydrogen-bond acceptors (Lipinski definition) is 7. The van der Waals surface area contributed by atoms with E-state index in [1.807, 2.05) is 53.0 Å². The molecule has 2 N–H and O–H groups in total. The van der Waals surface area contributed by atoms with Crippen LogP contribution in [-0.2, 0) is 25.5 Å². The topological polar surface area (TPSA) is 118 Å². The number of carbonyl (C=O) groups excluding carboxylic acids is 4. The number of amides is 3. The number of hydrogen-bond donors (Lipinski definition) is 2. The zero-order valence-electron chi connectivity index (χ0n) is 22.2. The van der Waals surface area contributed by atoms with Crippen molar-refractivity contribution in [3.8, 4) is 0 Å². The summed E-state index contributed by atoms with van der Waals surface area (Å²) in [6.07, 6.45) is 5.77. The van der Waals surface area contributed by atoms with Crippen LogP contribution < -0.4 is 10.6 Å². The molecule has 4 unspecified atom stereocenters. The summed E-state index contributed by atoms with van der Waals surface area (Å²) in [4.78, 5) is 57.6. The van der Waals surface area contributed by atoms with Gasteiger partial charge in [0, 0.05) is 30.8 Å². The van der Waals surface area contributed by atoms with Crippen molar-refractivity contribution >= 4 is 35.5 Å². The monoisotopic (exact) mass is 520 g/mol. The zero-order chi connectivity index (χ0) is 26.8. The van der Waals surface area contributed by atoms with Gasteiger partial charge in [-0.3, -0.25) is 19.4 Å². The molecule has 0 bridgehead atoms. The summed E-state index contributed by atoms with van der Waals surface area (Å²) in [6, 6.07) is 1.23. The fraction of sp³-hybridized carbons (Fsp3) is 0.654. The molecule has 0 radical (unpaired) electrons. The first-order valence-electron chi connectivity index (χ1n) is 12.5. The SMILES string of the molecule is CSCCC(NC(=O)OCC(C)C)C(=O)NC1CC(C)N(C(Cc2ccncc2)C(=O)C(C)C)C1=O. The van der Waals surface area contributed by atoms with E-state index < -0.39 is 30.1 Å². The number of pyridine rings is 1. The van der Waals surface area contributed by atoms with E-state index in [1.54, 1.807) is 29.1 Å². The lowest BCUT2D eigenvalue weighted by Crippen LogP contribution is -2.53. The molecule has 3 amide bonds. The van der Waals surface area contributed by atoms with E-state index in [1.165, 1.54) is 0 Å². The van der Waals surface area contributed by atoms with Crippen molar-refractivity contribution in [3.05, 3.63) is 30.1 Å². The number of alkyl carbamates (subject to hydrolysis) is 1. The largest absolute Gasteiger partial charge is 0.449 e. The molecule has 1 aromatic heterocycles. The summed E-state index contributed by atoms with van der Waals surface area (Å²) in [7, 11) is 0. The molecule has 9 nitrogen and oxygen atoms in total. The van der Waals surface area contributed by atoms with Gasteiger partial charge in [0.25, 0.3) is 0 Å². The first-order chi connectivity index (χ1) is 17.0. The lowest BCUT2D eigenvalue weighted by Gasteiger charge is -2.32. The lowest BCUT2D eigenvalue weighted by molar-refractivity contribution is -0.141. The second kappa shape index (κ2) is 14.2. The van der Waals surface area contributed by atoms with Crippen LogP contribution in [0.2, 0.25) is 0 Å². The second-order valence-electron chi connectivity index (χ2n) is 9.99. The summed E-state index contributed by atoms with van der Waals surface area (Å²) in [5, 5.41) is 5.46. The minimum absolute atomic E-state index is 0.0219. The molecular weight excluding hydrogens is 480 g/mol. The number of ether oxygens (including phenoxy) is 1. The van der Waals surface area contributed by atoms with Crippen LogP contribution in [0.5, 0.6) is 0 Å². The highest BCUT2D eigenvalue weighted by molar-refractivity contribution is 7.98. The van der Waals surface area contributed by atoms with Crippen molar-refractivity contribution in [2.24, 2.45) is 11.8 Å². The Hall–Kier alpha value is -2.62. The number of ketones is 1. The van der Waals surface area contributed by atoms with Crippen molar-refractivity contribution in [1.29, 1.82) is 0 Å². The Morgan fingerprint density at radius 1 is 1.19 bits per heavy atom. The molecule has 0 saturated carbocycles. The molecule has 10 heteroatoms. The number of nitrogens with zero attached hydrogens (tertiary/aromatic N) is 2. The Labute approximate surface area is 218 Å². The fourth-order valence-corrected chi connectivity index (χ4v) is 4.67. The first kappa shape index (κ1) is 29.6. The van der Waals surface area contributed by atoms with Crippen LogP contribution in [0.1, 0.15) is 53.0 Å². The second-order valence-corrected chi connectivity index (χ2v) is 11.0. The Balaban J connectivity index is 2.14. The van der Waals surface area contributed by atoms with Gasteiger partial charge in [0.2, 0.25) is 11.8 Å². The van der Waals surface area contributed by atoms with Gasteiger partial charge in [0.15, 0.2) is 5.78 Å². The van der Waals surface area contributed by atoms with E-state index in [9.17, 15) is 19.2 Å². The maximum atomic E-state index is 13.5. The average molecular weight is 521 g/mol. The third kappa shape index (κ3) is 8.50. The molecule has 1 fully saturated rings. The van der Waals surface area contributed by atoms with Gasteiger partial charge in [-0.05, 0) is 55.4 Å². The molecule has 2 heterocycles. The molecule has 1 aromatic rings. The minimum Gasteiger partial charge on any atom is -0.449 e. The number of thioether (sulfide) groups is 1. The summed E-state index contributed by atoms with van der Waals surface area (Å²) < 4.78 is 5.17. The van der Waals surface area contributed by atoms with Gasteiger partial charge in [-0.2, -0.15) is 11.8 Å². The van der Waals surface area contributed by atoms with E-state index in [0.29, 0.717) is 25.0 Å². The number of nitrogens with one attached hydrogen (secondary N) is 2. The Bertz CT molecular complexity index is 896. The molecule has 0 aromatic carbocycles. The highest BCUT2D eigenvalue weighted by Crippen LogP contribution is 2.26. The number of Topliss-reactive ketones (excluding diaryl/α,β-unsaturated/α-hetero) is 1. The van der Waals surface area contributed by atoms with Crippen molar-refractivity contribution in [3.63, 3.8) is 0 Å². The molecule has 1 saturated heterocycles. The van der Waals surface area contributed by atoms with Crippen LogP contribution in [0.4, 0.5) is 4.79 Å². The quantitative estimate of drug-likeness (QED) is 0.411. The van der Waals surface area contributed by atoms with E-state index >= 15 is 0 Å². The van der Waals surface area contributed by atoms with Gasteiger partial charge in [0.1, 0.15) is 12.1 Å². The molecule has 200 valence electrons. The summed E-state index contributed by atoms with van der Waals surface area (Å²) in [5.41, 5.74) is 0.915. The number of likely N-dealkylation sites (tertiary alicyclic amines) is 1. The van der Waals surface area contributed by atoms with Crippen LogP contribution in [0.15, 0.2) is 24.5 Å². The van der Waals surface area contributed by atoms with E-state index in [2.05, 4.69) is 15.6 Å². The summed E-state index contributed by atoms with van der Waals surface area (Å²) >= 11 is 1.56. The van der Waals surface area contributed by atoms with Crippen molar-refractivity contribution in [2.75, 3.05) is 18.6 Å². The van der Waals surface area contributed by atoms with Gasteiger partial charge < -0.3 is 20.3 Å². The fourth-order valence-electron chi connectivity index (χ4n) is 4.20. The number of carbonyl (C=O) groups is 4. The zero-order valence-corrected chi connectivity index (χ0v) is 23.0. The van der Waals surface area contributed by atoms with Gasteiger partial charge >= 0.3 is 6.09 Å². The molecule has 2 rings (SSSR count). The first-order valence-corrected chi connectivity index (χ1v) is 13.9. The molecule has 1 aliphatic rings. The van der Waals surface area contributed by atoms with E-state index in [4.69, 9.17) is 4.74 Å². The van der Waals surface area contributed by atoms with Crippen molar-refractivity contribution in [2.45, 2.75) is 78.0 Å². The predicted octanol–water partition coefficient (Wildman–Crippen LogP) is 2.83. The van der Waals surface area contributed by atoms with Crippen molar-refractivity contribution < 1.29 is 23.9 Å². The molecule has 0 aliphatic carbocycles. The lowest BCUT2D eigenvalue weighted by atomic mass is 9.94. The average Bonchev–Trinajstić information content (AvgIpc) is 3.11. The normalized spacial score (nSPS) is 19.3. The molecular formula is C26H40N4O5S. The molecule has 0 spiro atoms. The van der Waals surface area contributed by atoms with Gasteiger partial charge in [0.05, 0.1) is 12.6 Å². The molecule has 1 aliphatic heterocycles. The van der Waals surface area contributed by atoms with E-state index in [0.717, 1.165) is 5.56 Å². The highest BCUT2D eigenvalue weighted by atomic mass is 32.2. The minimum atomic E-state index is -0.820. The van der Waals surface area contributed by atoms with Crippen LogP contribution in [0.25, 0.3) is 0 Å².